The smallest absolute Gasteiger partial charge is 0.152 e. The molecule has 3 aromatic rings. The fourth-order valence-corrected chi connectivity index (χ4v) is 3.39. The van der Waals surface area contributed by atoms with E-state index in [0.29, 0.717) is 11.6 Å². The van der Waals surface area contributed by atoms with Crippen LogP contribution in [-0.4, -0.2) is 37.1 Å². The third kappa shape index (κ3) is 3.55. The highest BCUT2D eigenvalue weighted by molar-refractivity contribution is 9.10. The van der Waals surface area contributed by atoms with Crippen LogP contribution in [-0.2, 0) is 0 Å². The van der Waals surface area contributed by atoms with Crippen molar-refractivity contribution in [3.05, 3.63) is 52.0 Å². The van der Waals surface area contributed by atoms with Crippen molar-refractivity contribution < 1.29 is 4.74 Å². The first kappa shape index (κ1) is 16.4. The van der Waals surface area contributed by atoms with Crippen molar-refractivity contribution in [2.24, 2.45) is 0 Å². The summed E-state index contributed by atoms with van der Waals surface area (Å²) in [4.78, 5) is 5.57. The Morgan fingerprint density at radius 3 is 2.61 bits per heavy atom. The van der Waals surface area contributed by atoms with Crippen LogP contribution in [0.5, 0.6) is 5.75 Å². The van der Waals surface area contributed by atoms with Crippen LogP contribution in [0.4, 0.5) is 0 Å². The molecule has 5 heteroatoms. The number of nitrogens with zero attached hydrogens (tertiary/aromatic N) is 1. The summed E-state index contributed by atoms with van der Waals surface area (Å²) >= 11 is 9.81. The van der Waals surface area contributed by atoms with Gasteiger partial charge in [-0.05, 0) is 42.2 Å². The predicted molar refractivity (Wildman–Crippen MR) is 100 cm³/mol. The van der Waals surface area contributed by atoms with Gasteiger partial charge in [-0.1, -0.05) is 41.9 Å². The molecule has 0 saturated carbocycles. The molecule has 0 saturated heterocycles. The van der Waals surface area contributed by atoms with Gasteiger partial charge in [0.2, 0.25) is 0 Å². The highest BCUT2D eigenvalue weighted by atomic mass is 79.9. The second-order valence-electron chi connectivity index (χ2n) is 5.66. The Bertz CT molecular complexity index is 815. The standard InChI is InChI=1S/C18H18BrClN2O/c1-22(2)8-9-23-18-14-10-13(20)11-15(19)17(14)21-16(18)12-6-4-3-5-7-12/h3-7,10-11,21H,8-9H2,1-2H3. The highest BCUT2D eigenvalue weighted by Crippen LogP contribution is 2.41. The van der Waals surface area contributed by atoms with Crippen LogP contribution in [0.3, 0.4) is 0 Å². The third-order valence-corrected chi connectivity index (χ3v) is 4.47. The van der Waals surface area contributed by atoms with Gasteiger partial charge in [0, 0.05) is 27.0 Å². The Hall–Kier alpha value is -1.49. The summed E-state index contributed by atoms with van der Waals surface area (Å²) in [6.45, 7) is 1.46. The average molecular weight is 394 g/mol. The van der Waals surface area contributed by atoms with E-state index in [9.17, 15) is 0 Å². The van der Waals surface area contributed by atoms with Gasteiger partial charge >= 0.3 is 0 Å². The molecule has 23 heavy (non-hydrogen) atoms. The zero-order valence-electron chi connectivity index (χ0n) is 13.1. The van der Waals surface area contributed by atoms with E-state index in [-0.39, 0.29) is 0 Å². The van der Waals surface area contributed by atoms with Gasteiger partial charge < -0.3 is 14.6 Å². The number of nitrogens with one attached hydrogen (secondary N) is 1. The molecule has 2 aromatic carbocycles. The summed E-state index contributed by atoms with van der Waals surface area (Å²) < 4.78 is 7.04. The van der Waals surface area contributed by atoms with Crippen LogP contribution in [0.1, 0.15) is 0 Å². The molecule has 0 atom stereocenters. The first-order valence-corrected chi connectivity index (χ1v) is 8.57. The SMILES string of the molecule is CN(C)CCOc1c(-c2ccccc2)[nH]c2c(Br)cc(Cl)cc12. The maximum absolute atomic E-state index is 6.23. The number of likely N-dealkylation sites (N-methyl/N-ethyl adjacent to an activating group) is 1. The van der Waals surface area contributed by atoms with Gasteiger partial charge in [0.15, 0.2) is 5.75 Å². The number of fused-ring (bicyclic) bond motifs is 1. The van der Waals surface area contributed by atoms with Crippen LogP contribution in [0.25, 0.3) is 22.2 Å². The molecule has 0 spiro atoms. The maximum Gasteiger partial charge on any atom is 0.152 e. The second-order valence-corrected chi connectivity index (χ2v) is 6.95. The topological polar surface area (TPSA) is 28.3 Å². The van der Waals surface area contributed by atoms with E-state index >= 15 is 0 Å². The molecule has 1 N–H and O–H groups in total. The number of aromatic nitrogens is 1. The largest absolute Gasteiger partial charge is 0.489 e. The number of H-pyrrole nitrogens is 1. The van der Waals surface area contributed by atoms with Crippen LogP contribution in [0, 0.1) is 0 Å². The number of hydrogen-bond donors (Lipinski definition) is 1. The summed E-state index contributed by atoms with van der Waals surface area (Å²) in [6, 6.07) is 14.0. The minimum atomic E-state index is 0.615. The van der Waals surface area contributed by atoms with Gasteiger partial charge in [0.25, 0.3) is 0 Å². The first-order chi connectivity index (χ1) is 11.1. The van der Waals surface area contributed by atoms with Gasteiger partial charge in [0.05, 0.1) is 11.2 Å². The normalized spacial score (nSPS) is 11.3. The molecule has 3 nitrogen and oxygen atoms in total. The Kier molecular flexibility index (Phi) is 4.95. The first-order valence-electron chi connectivity index (χ1n) is 7.40. The molecule has 3 rings (SSSR count). The van der Waals surface area contributed by atoms with Crippen molar-refractivity contribution >= 4 is 38.4 Å². The van der Waals surface area contributed by atoms with E-state index in [1.165, 1.54) is 0 Å². The number of benzene rings is 2. The lowest BCUT2D eigenvalue weighted by Gasteiger charge is -2.12. The maximum atomic E-state index is 6.23. The molecule has 0 fully saturated rings. The second kappa shape index (κ2) is 6.95. The number of hydrogen-bond acceptors (Lipinski definition) is 2. The van der Waals surface area contributed by atoms with Crippen LogP contribution >= 0.6 is 27.5 Å². The minimum absolute atomic E-state index is 0.615. The lowest BCUT2D eigenvalue weighted by molar-refractivity contribution is 0.264. The Labute approximate surface area is 149 Å². The summed E-state index contributed by atoms with van der Waals surface area (Å²) in [5.74, 6) is 0.844. The fraction of sp³-hybridized carbons (Fsp3) is 0.222. The molecular formula is C18H18BrClN2O. The van der Waals surface area contributed by atoms with Crippen LogP contribution < -0.4 is 4.74 Å². The Balaban J connectivity index is 2.12. The average Bonchev–Trinajstić information content (AvgIpc) is 2.87. The lowest BCUT2D eigenvalue weighted by atomic mass is 10.1. The molecule has 1 heterocycles. The molecule has 0 aliphatic carbocycles. The van der Waals surface area contributed by atoms with Crippen molar-refractivity contribution in [3.63, 3.8) is 0 Å². The number of ether oxygens (including phenoxy) is 1. The zero-order valence-corrected chi connectivity index (χ0v) is 15.4. The summed E-state index contributed by atoms with van der Waals surface area (Å²) in [5, 5.41) is 1.67. The Morgan fingerprint density at radius 2 is 1.91 bits per heavy atom. The fourth-order valence-electron chi connectivity index (χ4n) is 2.48. The summed E-state index contributed by atoms with van der Waals surface area (Å²) in [5.41, 5.74) is 3.06. The zero-order chi connectivity index (χ0) is 16.4. The van der Waals surface area contributed by atoms with Gasteiger partial charge in [0.1, 0.15) is 6.61 Å². The van der Waals surface area contributed by atoms with E-state index in [1.54, 1.807) is 0 Å². The van der Waals surface area contributed by atoms with E-state index in [2.05, 4.69) is 37.9 Å². The van der Waals surface area contributed by atoms with Crippen molar-refractivity contribution in [2.75, 3.05) is 27.2 Å². The lowest BCUT2D eigenvalue weighted by Crippen LogP contribution is -2.19. The van der Waals surface area contributed by atoms with Crippen molar-refractivity contribution in [1.82, 2.24) is 9.88 Å². The van der Waals surface area contributed by atoms with Crippen molar-refractivity contribution in [2.45, 2.75) is 0 Å². The molecule has 0 amide bonds. The molecule has 0 unspecified atom stereocenters. The monoisotopic (exact) mass is 392 g/mol. The highest BCUT2D eigenvalue weighted by Gasteiger charge is 2.17. The number of rotatable bonds is 5. The van der Waals surface area contributed by atoms with Gasteiger partial charge in [-0.3, -0.25) is 0 Å². The summed E-state index contributed by atoms with van der Waals surface area (Å²) in [6.07, 6.45) is 0. The van der Waals surface area contributed by atoms with Crippen LogP contribution in [0.2, 0.25) is 5.02 Å². The predicted octanol–water partition coefficient (Wildman–Crippen LogP) is 5.19. The van der Waals surface area contributed by atoms with E-state index in [0.717, 1.165) is 38.9 Å². The van der Waals surface area contributed by atoms with E-state index < -0.39 is 0 Å². The quantitative estimate of drug-likeness (QED) is 0.646. The molecule has 0 aliphatic rings. The van der Waals surface area contributed by atoms with E-state index in [4.69, 9.17) is 16.3 Å². The molecule has 1 aromatic heterocycles. The van der Waals surface area contributed by atoms with E-state index in [1.807, 2.05) is 44.4 Å². The van der Waals surface area contributed by atoms with Crippen molar-refractivity contribution in [1.29, 1.82) is 0 Å². The minimum Gasteiger partial charge on any atom is -0.489 e. The summed E-state index contributed by atoms with van der Waals surface area (Å²) in [7, 11) is 4.06. The molecule has 0 bridgehead atoms. The molecule has 0 radical (unpaired) electrons. The Morgan fingerprint density at radius 1 is 1.17 bits per heavy atom. The van der Waals surface area contributed by atoms with Crippen LogP contribution in [0.15, 0.2) is 46.9 Å². The third-order valence-electron chi connectivity index (χ3n) is 3.62. The number of halogens is 2. The molecular weight excluding hydrogens is 376 g/mol. The van der Waals surface area contributed by atoms with Gasteiger partial charge in [-0.15, -0.1) is 0 Å². The van der Waals surface area contributed by atoms with Gasteiger partial charge in [-0.25, -0.2) is 0 Å². The molecule has 0 aliphatic heterocycles. The number of aromatic amines is 1. The van der Waals surface area contributed by atoms with Crippen molar-refractivity contribution in [3.8, 4) is 17.0 Å². The van der Waals surface area contributed by atoms with Gasteiger partial charge in [-0.2, -0.15) is 0 Å². The molecule has 120 valence electrons.